The van der Waals surface area contributed by atoms with Gasteiger partial charge in [-0.25, -0.2) is 0 Å². The topological polar surface area (TPSA) is 37.3 Å². The summed E-state index contributed by atoms with van der Waals surface area (Å²) in [5.41, 5.74) is -0.958. The van der Waals surface area contributed by atoms with Crippen LogP contribution in [0.1, 0.15) is 90.4 Å². The van der Waals surface area contributed by atoms with Crippen LogP contribution in [-0.4, -0.2) is 16.5 Å². The maximum Gasteiger partial charge on any atom is 0.164 e. The van der Waals surface area contributed by atoms with Crippen molar-refractivity contribution in [2.45, 2.75) is 96.0 Å². The van der Waals surface area contributed by atoms with Crippen LogP contribution in [0, 0.1) is 0 Å². The Morgan fingerprint density at radius 2 is 1.61 bits per heavy atom. The van der Waals surface area contributed by atoms with E-state index in [1.54, 1.807) is 0 Å². The highest BCUT2D eigenvalue weighted by Gasteiger charge is 2.36. The zero-order valence-corrected chi connectivity index (χ0v) is 12.0. The van der Waals surface area contributed by atoms with E-state index in [0.717, 1.165) is 19.3 Å². The lowest BCUT2D eigenvalue weighted by molar-refractivity contribution is -0.141. The second-order valence-electron chi connectivity index (χ2n) is 5.89. The summed E-state index contributed by atoms with van der Waals surface area (Å²) < 4.78 is 0. The number of rotatable bonds is 9. The van der Waals surface area contributed by atoms with Crippen molar-refractivity contribution in [2.75, 3.05) is 0 Å². The Balaban J connectivity index is 2.01. The molecule has 1 N–H and O–H groups in total. The molecule has 0 aliphatic heterocycles. The Bertz CT molecular complexity index is 237. The molecule has 1 saturated carbocycles. The summed E-state index contributed by atoms with van der Waals surface area (Å²) in [6.45, 7) is 2.24. The van der Waals surface area contributed by atoms with Crippen molar-refractivity contribution in [3.8, 4) is 0 Å². The molecule has 0 radical (unpaired) electrons. The minimum absolute atomic E-state index is 0.0942. The van der Waals surface area contributed by atoms with Crippen molar-refractivity contribution in [3.05, 3.63) is 0 Å². The molecule has 1 unspecified atom stereocenters. The first kappa shape index (κ1) is 15.7. The molecule has 2 nitrogen and oxygen atoms in total. The molecule has 18 heavy (non-hydrogen) atoms. The SMILES string of the molecule is CCCCCCCCCCC1(O)CCCCC1=O. The molecule has 2 heteroatoms. The van der Waals surface area contributed by atoms with Crippen molar-refractivity contribution in [1.82, 2.24) is 0 Å². The first-order valence-electron chi connectivity index (χ1n) is 7.95. The van der Waals surface area contributed by atoms with Crippen LogP contribution in [0.2, 0.25) is 0 Å². The summed E-state index contributed by atoms with van der Waals surface area (Å²) in [5.74, 6) is 0.0942. The van der Waals surface area contributed by atoms with Gasteiger partial charge in [0, 0.05) is 6.42 Å². The van der Waals surface area contributed by atoms with E-state index >= 15 is 0 Å². The van der Waals surface area contributed by atoms with Gasteiger partial charge in [0.15, 0.2) is 5.78 Å². The van der Waals surface area contributed by atoms with E-state index in [-0.39, 0.29) is 5.78 Å². The molecule has 0 aromatic heterocycles. The second kappa shape index (κ2) is 8.68. The van der Waals surface area contributed by atoms with Gasteiger partial charge < -0.3 is 5.11 Å². The third-order valence-corrected chi connectivity index (χ3v) is 4.21. The van der Waals surface area contributed by atoms with Gasteiger partial charge in [0.2, 0.25) is 0 Å². The van der Waals surface area contributed by atoms with Crippen LogP contribution in [0.15, 0.2) is 0 Å². The zero-order valence-electron chi connectivity index (χ0n) is 12.0. The number of unbranched alkanes of at least 4 members (excludes halogenated alkanes) is 7. The molecule has 0 aromatic carbocycles. The van der Waals surface area contributed by atoms with Gasteiger partial charge in [-0.3, -0.25) is 4.79 Å². The highest BCUT2D eigenvalue weighted by atomic mass is 16.3. The third-order valence-electron chi connectivity index (χ3n) is 4.21. The van der Waals surface area contributed by atoms with Crippen LogP contribution < -0.4 is 0 Å². The summed E-state index contributed by atoms with van der Waals surface area (Å²) in [7, 11) is 0. The Kier molecular flexibility index (Phi) is 7.57. The van der Waals surface area contributed by atoms with Crippen LogP contribution in [0.3, 0.4) is 0 Å². The summed E-state index contributed by atoms with van der Waals surface area (Å²) >= 11 is 0. The number of hydrogen-bond donors (Lipinski definition) is 1. The minimum Gasteiger partial charge on any atom is -0.382 e. The van der Waals surface area contributed by atoms with Crippen molar-refractivity contribution >= 4 is 5.78 Å². The third kappa shape index (κ3) is 5.51. The molecule has 1 aliphatic carbocycles. The largest absolute Gasteiger partial charge is 0.382 e. The number of Topliss-reactive ketones (excluding diaryl/α,β-unsaturated/α-hetero) is 1. The van der Waals surface area contributed by atoms with E-state index in [0.29, 0.717) is 19.3 Å². The molecule has 1 aliphatic rings. The van der Waals surface area contributed by atoms with E-state index in [1.165, 1.54) is 44.9 Å². The van der Waals surface area contributed by atoms with Gasteiger partial charge in [-0.2, -0.15) is 0 Å². The lowest BCUT2D eigenvalue weighted by Crippen LogP contribution is -2.41. The van der Waals surface area contributed by atoms with Gasteiger partial charge in [0.1, 0.15) is 5.60 Å². The Labute approximate surface area is 112 Å². The van der Waals surface area contributed by atoms with Crippen molar-refractivity contribution in [2.24, 2.45) is 0 Å². The highest BCUT2D eigenvalue weighted by molar-refractivity contribution is 5.87. The first-order valence-corrected chi connectivity index (χ1v) is 7.95. The number of hydrogen-bond acceptors (Lipinski definition) is 2. The molecule has 1 atom stereocenters. The fourth-order valence-corrected chi connectivity index (χ4v) is 2.89. The molecule has 0 aromatic rings. The second-order valence-corrected chi connectivity index (χ2v) is 5.89. The summed E-state index contributed by atoms with van der Waals surface area (Å²) in [6, 6.07) is 0. The molecular weight excluding hydrogens is 224 g/mol. The van der Waals surface area contributed by atoms with Gasteiger partial charge in [-0.05, 0) is 25.7 Å². The molecule has 0 bridgehead atoms. The molecule has 1 fully saturated rings. The predicted octanol–water partition coefficient (Wildman–Crippen LogP) is 4.39. The maximum atomic E-state index is 11.7. The van der Waals surface area contributed by atoms with Crippen molar-refractivity contribution in [3.63, 3.8) is 0 Å². The predicted molar refractivity (Wildman–Crippen MR) is 75.7 cm³/mol. The van der Waals surface area contributed by atoms with Crippen LogP contribution in [0.25, 0.3) is 0 Å². The molecule has 0 heterocycles. The lowest BCUT2D eigenvalue weighted by Gasteiger charge is -2.30. The number of aliphatic hydroxyl groups is 1. The minimum atomic E-state index is -0.958. The molecule has 106 valence electrons. The zero-order chi connectivity index (χ0) is 13.3. The first-order chi connectivity index (χ1) is 8.69. The summed E-state index contributed by atoms with van der Waals surface area (Å²) in [5, 5.41) is 10.3. The Morgan fingerprint density at radius 3 is 2.22 bits per heavy atom. The average Bonchev–Trinajstić information content (AvgIpc) is 2.37. The lowest BCUT2D eigenvalue weighted by atomic mass is 9.80. The summed E-state index contributed by atoms with van der Waals surface area (Å²) in [6.07, 6.45) is 14.1. The van der Waals surface area contributed by atoms with Gasteiger partial charge >= 0.3 is 0 Å². The number of carbonyl (C=O) groups excluding carboxylic acids is 1. The molecule has 0 saturated heterocycles. The van der Waals surface area contributed by atoms with Gasteiger partial charge in [-0.15, -0.1) is 0 Å². The fraction of sp³-hybridized carbons (Fsp3) is 0.938. The monoisotopic (exact) mass is 254 g/mol. The maximum absolute atomic E-state index is 11.7. The normalized spacial score (nSPS) is 24.4. The molecule has 0 amide bonds. The van der Waals surface area contributed by atoms with Crippen molar-refractivity contribution in [1.29, 1.82) is 0 Å². The number of ketones is 1. The van der Waals surface area contributed by atoms with Crippen molar-refractivity contribution < 1.29 is 9.90 Å². The smallest absolute Gasteiger partial charge is 0.164 e. The van der Waals surface area contributed by atoms with Crippen LogP contribution in [0.4, 0.5) is 0 Å². The van der Waals surface area contributed by atoms with Gasteiger partial charge in [0.05, 0.1) is 0 Å². The van der Waals surface area contributed by atoms with E-state index in [4.69, 9.17) is 0 Å². The highest BCUT2D eigenvalue weighted by Crippen LogP contribution is 2.29. The Morgan fingerprint density at radius 1 is 1.00 bits per heavy atom. The van der Waals surface area contributed by atoms with E-state index < -0.39 is 5.60 Å². The fourth-order valence-electron chi connectivity index (χ4n) is 2.89. The quantitative estimate of drug-likeness (QED) is 0.619. The van der Waals surface area contributed by atoms with E-state index in [9.17, 15) is 9.90 Å². The van der Waals surface area contributed by atoms with E-state index in [1.807, 2.05) is 0 Å². The standard InChI is InChI=1S/C16H30O2/c1-2-3-4-5-6-7-8-10-13-16(18)14-11-9-12-15(16)17/h18H,2-14H2,1H3. The average molecular weight is 254 g/mol. The number of carbonyl (C=O) groups is 1. The summed E-state index contributed by atoms with van der Waals surface area (Å²) in [4.78, 5) is 11.7. The molecular formula is C16H30O2. The van der Waals surface area contributed by atoms with Crippen LogP contribution in [-0.2, 0) is 4.79 Å². The van der Waals surface area contributed by atoms with Gasteiger partial charge in [0.25, 0.3) is 0 Å². The molecule has 0 spiro atoms. The van der Waals surface area contributed by atoms with Crippen LogP contribution >= 0.6 is 0 Å². The Hall–Kier alpha value is -0.370. The van der Waals surface area contributed by atoms with E-state index in [2.05, 4.69) is 6.92 Å². The van der Waals surface area contributed by atoms with Gasteiger partial charge in [-0.1, -0.05) is 58.3 Å². The van der Waals surface area contributed by atoms with Crippen LogP contribution in [0.5, 0.6) is 0 Å². The molecule has 1 rings (SSSR count).